The highest BCUT2D eigenvalue weighted by atomic mass is 32.2. The maximum absolute atomic E-state index is 12.5. The van der Waals surface area contributed by atoms with Gasteiger partial charge in [-0.3, -0.25) is 0 Å². The average Bonchev–Trinajstić information content (AvgIpc) is 2.32. The number of anilines is 1. The molecule has 106 valence electrons. The van der Waals surface area contributed by atoms with Crippen LogP contribution >= 0.6 is 0 Å². The van der Waals surface area contributed by atoms with Crippen LogP contribution in [0.5, 0.6) is 0 Å². The van der Waals surface area contributed by atoms with Crippen molar-refractivity contribution in [1.82, 2.24) is 4.72 Å². The third-order valence-electron chi connectivity index (χ3n) is 3.95. The number of hydrogen-bond acceptors (Lipinski definition) is 3. The van der Waals surface area contributed by atoms with E-state index in [1.54, 1.807) is 25.1 Å². The van der Waals surface area contributed by atoms with E-state index in [0.29, 0.717) is 16.1 Å². The lowest BCUT2D eigenvalue weighted by Gasteiger charge is -2.34. The minimum absolute atomic E-state index is 0.291. The maximum Gasteiger partial charge on any atom is 0.241 e. The van der Waals surface area contributed by atoms with Crippen molar-refractivity contribution in [2.45, 2.75) is 56.4 Å². The zero-order chi connectivity index (χ0) is 14.1. The summed E-state index contributed by atoms with van der Waals surface area (Å²) >= 11 is 0. The second kappa shape index (κ2) is 5.13. The van der Waals surface area contributed by atoms with Crippen LogP contribution in [0, 0.1) is 6.92 Å². The fraction of sp³-hybridized carbons (Fsp3) is 0.571. The van der Waals surface area contributed by atoms with Gasteiger partial charge in [0.15, 0.2) is 0 Å². The van der Waals surface area contributed by atoms with Gasteiger partial charge in [0.1, 0.15) is 0 Å². The molecular weight excluding hydrogens is 260 g/mol. The molecule has 0 spiro atoms. The minimum Gasteiger partial charge on any atom is -0.398 e. The molecule has 5 heteroatoms. The molecule has 0 unspecified atom stereocenters. The number of nitrogens with two attached hydrogens (primary N) is 1. The van der Waals surface area contributed by atoms with E-state index >= 15 is 0 Å². The monoisotopic (exact) mass is 282 g/mol. The zero-order valence-electron chi connectivity index (χ0n) is 11.6. The molecule has 1 fully saturated rings. The van der Waals surface area contributed by atoms with Crippen LogP contribution in [-0.4, -0.2) is 14.0 Å². The average molecular weight is 282 g/mol. The number of nitrogen functional groups attached to an aromatic ring is 1. The summed E-state index contributed by atoms with van der Waals surface area (Å²) < 4.78 is 27.9. The van der Waals surface area contributed by atoms with Crippen molar-refractivity contribution in [1.29, 1.82) is 0 Å². The van der Waals surface area contributed by atoms with E-state index in [2.05, 4.69) is 4.72 Å². The van der Waals surface area contributed by atoms with Crippen molar-refractivity contribution in [2.24, 2.45) is 0 Å². The largest absolute Gasteiger partial charge is 0.398 e. The lowest BCUT2D eigenvalue weighted by atomic mass is 9.84. The van der Waals surface area contributed by atoms with Gasteiger partial charge in [0, 0.05) is 11.2 Å². The third-order valence-corrected chi connectivity index (χ3v) is 5.74. The second-order valence-corrected chi connectivity index (χ2v) is 7.35. The molecule has 0 aromatic heterocycles. The summed E-state index contributed by atoms with van der Waals surface area (Å²) in [6.07, 6.45) is 5.14. The molecule has 0 aliphatic heterocycles. The number of hydrogen-bond donors (Lipinski definition) is 2. The maximum atomic E-state index is 12.5. The fourth-order valence-electron chi connectivity index (χ4n) is 2.74. The smallest absolute Gasteiger partial charge is 0.241 e. The quantitative estimate of drug-likeness (QED) is 0.837. The molecular formula is C14H22N2O2S. The zero-order valence-corrected chi connectivity index (χ0v) is 12.4. The van der Waals surface area contributed by atoms with Crippen LogP contribution < -0.4 is 10.5 Å². The van der Waals surface area contributed by atoms with Gasteiger partial charge in [-0.05, 0) is 44.4 Å². The summed E-state index contributed by atoms with van der Waals surface area (Å²) in [7, 11) is -3.50. The van der Waals surface area contributed by atoms with Crippen LogP contribution in [0.4, 0.5) is 5.69 Å². The Kier molecular flexibility index (Phi) is 3.87. The van der Waals surface area contributed by atoms with Crippen LogP contribution in [0.15, 0.2) is 23.1 Å². The predicted molar refractivity (Wildman–Crippen MR) is 77.4 cm³/mol. The van der Waals surface area contributed by atoms with Gasteiger partial charge in [-0.1, -0.05) is 25.3 Å². The summed E-state index contributed by atoms with van der Waals surface area (Å²) in [5, 5.41) is 0. The Labute approximate surface area is 115 Å². The Balaban J connectivity index is 2.30. The van der Waals surface area contributed by atoms with E-state index in [1.165, 1.54) is 6.42 Å². The van der Waals surface area contributed by atoms with Gasteiger partial charge < -0.3 is 5.73 Å². The predicted octanol–water partition coefficient (Wildman–Crippen LogP) is 2.58. The Morgan fingerprint density at radius 1 is 1.21 bits per heavy atom. The molecule has 0 saturated heterocycles. The molecule has 0 amide bonds. The van der Waals surface area contributed by atoms with E-state index < -0.39 is 10.0 Å². The Morgan fingerprint density at radius 2 is 1.84 bits per heavy atom. The molecule has 0 radical (unpaired) electrons. The Morgan fingerprint density at radius 3 is 2.47 bits per heavy atom. The van der Waals surface area contributed by atoms with Crippen molar-refractivity contribution in [3.05, 3.63) is 23.8 Å². The van der Waals surface area contributed by atoms with Gasteiger partial charge >= 0.3 is 0 Å². The van der Waals surface area contributed by atoms with E-state index in [9.17, 15) is 8.42 Å². The second-order valence-electron chi connectivity index (χ2n) is 5.70. The van der Waals surface area contributed by atoms with E-state index in [1.807, 2.05) is 6.92 Å². The highest BCUT2D eigenvalue weighted by Crippen LogP contribution is 2.30. The molecule has 0 heterocycles. The number of rotatable bonds is 3. The van der Waals surface area contributed by atoms with Crippen molar-refractivity contribution >= 4 is 15.7 Å². The Bertz CT molecular complexity index is 561. The lowest BCUT2D eigenvalue weighted by molar-refractivity contribution is 0.294. The summed E-state index contributed by atoms with van der Waals surface area (Å²) in [4.78, 5) is 0.291. The fourth-order valence-corrected chi connectivity index (χ4v) is 4.48. The van der Waals surface area contributed by atoms with Gasteiger partial charge in [-0.2, -0.15) is 0 Å². The molecule has 1 aromatic carbocycles. The highest BCUT2D eigenvalue weighted by molar-refractivity contribution is 7.89. The van der Waals surface area contributed by atoms with E-state index in [4.69, 9.17) is 5.73 Å². The number of benzene rings is 1. The molecule has 0 atom stereocenters. The summed E-state index contributed by atoms with van der Waals surface area (Å²) in [6.45, 7) is 3.73. The number of nitrogens with one attached hydrogen (secondary N) is 1. The van der Waals surface area contributed by atoms with Crippen LogP contribution in [0.25, 0.3) is 0 Å². The van der Waals surface area contributed by atoms with Crippen molar-refractivity contribution in [3.63, 3.8) is 0 Å². The van der Waals surface area contributed by atoms with Gasteiger partial charge in [0.25, 0.3) is 0 Å². The molecule has 1 aliphatic carbocycles. The van der Waals surface area contributed by atoms with Crippen LogP contribution in [-0.2, 0) is 10.0 Å². The standard InChI is InChI=1S/C14H22N2O2S/c1-11-12(15)7-6-8-13(11)19(17,18)16-14(2)9-4-3-5-10-14/h6-8,16H,3-5,9-10,15H2,1-2H3. The third kappa shape index (κ3) is 3.09. The molecule has 2 rings (SSSR count). The topological polar surface area (TPSA) is 72.2 Å². The normalized spacial score (nSPS) is 19.3. The summed E-state index contributed by atoms with van der Waals surface area (Å²) in [5.74, 6) is 0. The van der Waals surface area contributed by atoms with Crippen molar-refractivity contribution in [3.8, 4) is 0 Å². The Hall–Kier alpha value is -1.07. The molecule has 4 nitrogen and oxygen atoms in total. The highest BCUT2D eigenvalue weighted by Gasteiger charge is 2.32. The number of sulfonamides is 1. The molecule has 1 aliphatic rings. The molecule has 1 aromatic rings. The summed E-state index contributed by atoms with van der Waals surface area (Å²) in [6, 6.07) is 5.01. The van der Waals surface area contributed by atoms with Gasteiger partial charge in [0.05, 0.1) is 4.90 Å². The van der Waals surface area contributed by atoms with E-state index in [-0.39, 0.29) is 5.54 Å². The first-order chi connectivity index (χ1) is 8.84. The summed E-state index contributed by atoms with van der Waals surface area (Å²) in [5.41, 5.74) is 6.60. The first kappa shape index (κ1) is 14.3. The van der Waals surface area contributed by atoms with Gasteiger partial charge in [-0.25, -0.2) is 13.1 Å². The minimum atomic E-state index is -3.50. The van der Waals surface area contributed by atoms with Crippen LogP contribution in [0.2, 0.25) is 0 Å². The van der Waals surface area contributed by atoms with Crippen molar-refractivity contribution in [2.75, 3.05) is 5.73 Å². The van der Waals surface area contributed by atoms with Crippen molar-refractivity contribution < 1.29 is 8.42 Å². The SMILES string of the molecule is Cc1c(N)cccc1S(=O)(=O)NC1(C)CCCCC1. The van der Waals surface area contributed by atoms with E-state index in [0.717, 1.165) is 25.7 Å². The van der Waals surface area contributed by atoms with Crippen LogP contribution in [0.3, 0.4) is 0 Å². The van der Waals surface area contributed by atoms with Gasteiger partial charge in [-0.15, -0.1) is 0 Å². The first-order valence-electron chi connectivity index (χ1n) is 6.73. The first-order valence-corrected chi connectivity index (χ1v) is 8.21. The molecule has 1 saturated carbocycles. The molecule has 3 N–H and O–H groups in total. The van der Waals surface area contributed by atoms with Gasteiger partial charge in [0.2, 0.25) is 10.0 Å². The lowest BCUT2D eigenvalue weighted by Crippen LogP contribution is -2.47. The molecule has 19 heavy (non-hydrogen) atoms. The van der Waals surface area contributed by atoms with Crippen LogP contribution in [0.1, 0.15) is 44.6 Å². The molecule has 0 bridgehead atoms.